The van der Waals surface area contributed by atoms with Gasteiger partial charge in [-0.25, -0.2) is 0 Å². The number of hydrogen-bond donors (Lipinski definition) is 1. The van der Waals surface area contributed by atoms with Gasteiger partial charge in [-0.05, 0) is 29.5 Å². The monoisotopic (exact) mass is 263 g/mol. The molecular formula is C16H25NO2. The Kier molecular flexibility index (Phi) is 4.48. The molecule has 1 heterocycles. The lowest BCUT2D eigenvalue weighted by atomic mass is 9.87. The highest BCUT2D eigenvalue weighted by Crippen LogP contribution is 2.24. The largest absolute Gasteiger partial charge is 0.492 e. The number of aliphatic hydroxyl groups is 1. The lowest BCUT2D eigenvalue weighted by molar-refractivity contribution is 0.167. The van der Waals surface area contributed by atoms with Gasteiger partial charge in [0.2, 0.25) is 0 Å². The summed E-state index contributed by atoms with van der Waals surface area (Å²) in [6.45, 7) is 9.96. The molecule has 1 saturated heterocycles. The van der Waals surface area contributed by atoms with Crippen LogP contribution in [0.4, 0.5) is 0 Å². The summed E-state index contributed by atoms with van der Waals surface area (Å²) < 4.78 is 5.75. The smallest absolute Gasteiger partial charge is 0.119 e. The van der Waals surface area contributed by atoms with Crippen molar-refractivity contribution in [1.29, 1.82) is 0 Å². The molecule has 0 aromatic heterocycles. The van der Waals surface area contributed by atoms with Crippen LogP contribution in [0.1, 0.15) is 32.8 Å². The topological polar surface area (TPSA) is 32.7 Å². The number of likely N-dealkylation sites (tertiary alicyclic amines) is 1. The van der Waals surface area contributed by atoms with Gasteiger partial charge in [0.05, 0.1) is 6.10 Å². The molecule has 0 spiro atoms. The minimum absolute atomic E-state index is 0.147. The number of nitrogens with zero attached hydrogens (tertiary/aromatic N) is 1. The van der Waals surface area contributed by atoms with E-state index >= 15 is 0 Å². The van der Waals surface area contributed by atoms with E-state index in [0.29, 0.717) is 6.61 Å². The van der Waals surface area contributed by atoms with Crippen LogP contribution < -0.4 is 4.74 Å². The van der Waals surface area contributed by atoms with Gasteiger partial charge >= 0.3 is 0 Å². The minimum Gasteiger partial charge on any atom is -0.492 e. The molecule has 1 aliphatic rings. The third-order valence-corrected chi connectivity index (χ3v) is 3.64. The van der Waals surface area contributed by atoms with Crippen LogP contribution in [-0.4, -0.2) is 42.4 Å². The molecule has 2 rings (SSSR count). The molecular weight excluding hydrogens is 238 g/mol. The Labute approximate surface area is 116 Å². The van der Waals surface area contributed by atoms with Crippen LogP contribution in [0.3, 0.4) is 0 Å². The molecule has 1 aliphatic heterocycles. The molecule has 0 bridgehead atoms. The van der Waals surface area contributed by atoms with Gasteiger partial charge in [-0.1, -0.05) is 32.9 Å². The van der Waals surface area contributed by atoms with Crippen molar-refractivity contribution < 1.29 is 9.84 Å². The summed E-state index contributed by atoms with van der Waals surface area (Å²) in [5.41, 5.74) is 1.51. The van der Waals surface area contributed by atoms with Gasteiger partial charge in [0.15, 0.2) is 0 Å². The van der Waals surface area contributed by atoms with Crippen molar-refractivity contribution in [3.8, 4) is 5.75 Å². The first-order valence-corrected chi connectivity index (χ1v) is 7.09. The van der Waals surface area contributed by atoms with E-state index in [0.717, 1.165) is 31.8 Å². The summed E-state index contributed by atoms with van der Waals surface area (Å²) in [7, 11) is 0. The van der Waals surface area contributed by atoms with Crippen molar-refractivity contribution in [3.05, 3.63) is 29.8 Å². The fraction of sp³-hybridized carbons (Fsp3) is 0.625. The van der Waals surface area contributed by atoms with Crippen molar-refractivity contribution in [3.63, 3.8) is 0 Å². The van der Waals surface area contributed by atoms with Gasteiger partial charge in [0, 0.05) is 19.6 Å². The number of aliphatic hydroxyl groups excluding tert-OH is 1. The number of rotatable bonds is 4. The van der Waals surface area contributed by atoms with E-state index in [2.05, 4.69) is 37.8 Å². The maximum Gasteiger partial charge on any atom is 0.119 e. The third kappa shape index (κ3) is 4.22. The minimum atomic E-state index is -0.147. The molecule has 1 aromatic rings. The molecule has 1 fully saturated rings. The van der Waals surface area contributed by atoms with E-state index < -0.39 is 0 Å². The fourth-order valence-electron chi connectivity index (χ4n) is 2.36. The van der Waals surface area contributed by atoms with E-state index in [1.165, 1.54) is 5.56 Å². The SMILES string of the molecule is CC(C)(C)c1ccc(OCCN2CC[C@H](O)C2)cc1. The van der Waals surface area contributed by atoms with Crippen molar-refractivity contribution in [2.45, 2.75) is 38.7 Å². The zero-order chi connectivity index (χ0) is 13.9. The maximum atomic E-state index is 9.44. The number of hydrogen-bond acceptors (Lipinski definition) is 3. The molecule has 0 radical (unpaired) electrons. The van der Waals surface area contributed by atoms with Crippen LogP contribution in [0.15, 0.2) is 24.3 Å². The second kappa shape index (κ2) is 5.93. The predicted octanol–water partition coefficient (Wildman–Crippen LogP) is 2.43. The zero-order valence-corrected chi connectivity index (χ0v) is 12.2. The zero-order valence-electron chi connectivity index (χ0n) is 12.2. The summed E-state index contributed by atoms with van der Waals surface area (Å²) >= 11 is 0. The van der Waals surface area contributed by atoms with Crippen molar-refractivity contribution >= 4 is 0 Å². The molecule has 19 heavy (non-hydrogen) atoms. The highest BCUT2D eigenvalue weighted by Gasteiger charge is 2.19. The Balaban J connectivity index is 1.77. The molecule has 1 aromatic carbocycles. The number of benzene rings is 1. The molecule has 0 saturated carbocycles. The van der Waals surface area contributed by atoms with Crippen molar-refractivity contribution in [2.75, 3.05) is 26.2 Å². The summed E-state index contributed by atoms with van der Waals surface area (Å²) in [6.07, 6.45) is 0.742. The standard InChI is InChI=1S/C16H25NO2/c1-16(2,3)13-4-6-15(7-5-13)19-11-10-17-9-8-14(18)12-17/h4-7,14,18H,8-12H2,1-3H3/t14-/m0/s1. The Morgan fingerprint density at radius 3 is 2.47 bits per heavy atom. The van der Waals surface area contributed by atoms with E-state index in [1.807, 2.05) is 12.1 Å². The van der Waals surface area contributed by atoms with E-state index in [-0.39, 0.29) is 11.5 Å². The average molecular weight is 263 g/mol. The summed E-state index contributed by atoms with van der Waals surface area (Å²) in [4.78, 5) is 2.24. The third-order valence-electron chi connectivity index (χ3n) is 3.64. The molecule has 1 N–H and O–H groups in total. The van der Waals surface area contributed by atoms with Gasteiger partial charge in [0.25, 0.3) is 0 Å². The van der Waals surface area contributed by atoms with Crippen molar-refractivity contribution in [2.24, 2.45) is 0 Å². The molecule has 3 nitrogen and oxygen atoms in total. The lowest BCUT2D eigenvalue weighted by Crippen LogP contribution is -2.27. The first-order chi connectivity index (χ1) is 8.95. The van der Waals surface area contributed by atoms with Crippen LogP contribution in [0.2, 0.25) is 0 Å². The highest BCUT2D eigenvalue weighted by atomic mass is 16.5. The summed E-state index contributed by atoms with van der Waals surface area (Å²) in [5.74, 6) is 0.924. The van der Waals surface area contributed by atoms with Gasteiger partial charge in [0.1, 0.15) is 12.4 Å². The number of ether oxygens (including phenoxy) is 1. The van der Waals surface area contributed by atoms with Crippen LogP contribution in [0.25, 0.3) is 0 Å². The van der Waals surface area contributed by atoms with Gasteiger partial charge in [-0.2, -0.15) is 0 Å². The maximum absolute atomic E-state index is 9.44. The Morgan fingerprint density at radius 1 is 1.26 bits per heavy atom. The first kappa shape index (κ1) is 14.4. The summed E-state index contributed by atoms with van der Waals surface area (Å²) in [5, 5.41) is 9.44. The van der Waals surface area contributed by atoms with Crippen LogP contribution in [0.5, 0.6) is 5.75 Å². The number of β-amino-alcohol motifs (C(OH)–C–C–N with tert-alkyl or cyclic N) is 1. The second-order valence-electron chi connectivity index (χ2n) is 6.37. The van der Waals surface area contributed by atoms with E-state index in [9.17, 15) is 5.11 Å². The second-order valence-corrected chi connectivity index (χ2v) is 6.37. The molecule has 1 atom stereocenters. The molecule has 106 valence electrons. The first-order valence-electron chi connectivity index (χ1n) is 7.09. The Morgan fingerprint density at radius 2 is 1.95 bits per heavy atom. The van der Waals surface area contributed by atoms with Gasteiger partial charge in [-0.15, -0.1) is 0 Å². The molecule has 3 heteroatoms. The quantitative estimate of drug-likeness (QED) is 0.905. The van der Waals surface area contributed by atoms with Crippen LogP contribution in [0, 0.1) is 0 Å². The molecule has 0 amide bonds. The average Bonchev–Trinajstić information content (AvgIpc) is 2.75. The van der Waals surface area contributed by atoms with Gasteiger partial charge < -0.3 is 9.84 Å². The van der Waals surface area contributed by atoms with E-state index in [1.54, 1.807) is 0 Å². The predicted molar refractivity (Wildman–Crippen MR) is 77.7 cm³/mol. The Hall–Kier alpha value is -1.06. The normalized spacial score (nSPS) is 20.7. The van der Waals surface area contributed by atoms with Crippen molar-refractivity contribution in [1.82, 2.24) is 4.90 Å². The van der Waals surface area contributed by atoms with E-state index in [4.69, 9.17) is 4.74 Å². The van der Waals surface area contributed by atoms with Crippen LogP contribution >= 0.6 is 0 Å². The van der Waals surface area contributed by atoms with Gasteiger partial charge in [-0.3, -0.25) is 4.90 Å². The summed E-state index contributed by atoms with van der Waals surface area (Å²) in [6, 6.07) is 8.35. The lowest BCUT2D eigenvalue weighted by Gasteiger charge is -2.19. The molecule has 0 aliphatic carbocycles. The van der Waals surface area contributed by atoms with Crippen LogP contribution in [-0.2, 0) is 5.41 Å². The highest BCUT2D eigenvalue weighted by molar-refractivity contribution is 5.31. The molecule has 0 unspecified atom stereocenters. The Bertz CT molecular complexity index is 394. The fourth-order valence-corrected chi connectivity index (χ4v) is 2.36.